The van der Waals surface area contributed by atoms with Crippen LogP contribution in [0.4, 0.5) is 0 Å². The molecule has 0 aliphatic carbocycles. The molecule has 132 valence electrons. The summed E-state index contributed by atoms with van der Waals surface area (Å²) in [5, 5.41) is 2.96. The number of carbonyl (C=O) groups is 1. The van der Waals surface area contributed by atoms with E-state index in [4.69, 9.17) is 14.2 Å². The van der Waals surface area contributed by atoms with E-state index in [9.17, 15) is 4.79 Å². The summed E-state index contributed by atoms with van der Waals surface area (Å²) < 4.78 is 16.3. The zero-order valence-electron chi connectivity index (χ0n) is 14.6. The van der Waals surface area contributed by atoms with Gasteiger partial charge in [0.15, 0.2) is 11.5 Å². The molecule has 5 nitrogen and oxygen atoms in total. The molecule has 1 amide bonds. The molecule has 0 bridgehead atoms. The quantitative estimate of drug-likeness (QED) is 0.875. The van der Waals surface area contributed by atoms with Crippen molar-refractivity contribution in [2.45, 2.75) is 19.3 Å². The van der Waals surface area contributed by atoms with E-state index in [1.165, 1.54) is 5.56 Å². The Morgan fingerprint density at radius 2 is 1.84 bits per heavy atom. The molecule has 2 aromatic carbocycles. The van der Waals surface area contributed by atoms with Gasteiger partial charge in [-0.2, -0.15) is 0 Å². The molecule has 25 heavy (non-hydrogen) atoms. The Balaban J connectivity index is 1.51. The lowest BCUT2D eigenvalue weighted by Crippen LogP contribution is -2.25. The minimum atomic E-state index is -0.0722. The Hall–Kier alpha value is -2.69. The third kappa shape index (κ3) is 4.24. The normalized spacial score (nSPS) is 13.8. The van der Waals surface area contributed by atoms with Gasteiger partial charge < -0.3 is 19.5 Å². The molecule has 1 unspecified atom stereocenters. The van der Waals surface area contributed by atoms with E-state index in [1.54, 1.807) is 31.4 Å². The summed E-state index contributed by atoms with van der Waals surface area (Å²) in [6.45, 7) is 3.94. The molecule has 3 rings (SSSR count). The van der Waals surface area contributed by atoms with Gasteiger partial charge in [0.05, 0.1) is 7.11 Å². The second-order valence-corrected chi connectivity index (χ2v) is 6.08. The summed E-state index contributed by atoms with van der Waals surface area (Å²) in [6, 6.07) is 13.1. The first-order valence-corrected chi connectivity index (χ1v) is 8.49. The summed E-state index contributed by atoms with van der Waals surface area (Å²) in [5.41, 5.74) is 1.82. The third-order valence-electron chi connectivity index (χ3n) is 4.35. The van der Waals surface area contributed by atoms with Crippen LogP contribution in [0.15, 0.2) is 42.5 Å². The highest BCUT2D eigenvalue weighted by Gasteiger charge is 2.15. The molecule has 0 saturated carbocycles. The van der Waals surface area contributed by atoms with Crippen molar-refractivity contribution >= 4 is 5.91 Å². The predicted molar refractivity (Wildman–Crippen MR) is 95.8 cm³/mol. The van der Waals surface area contributed by atoms with Crippen molar-refractivity contribution < 1.29 is 19.0 Å². The van der Waals surface area contributed by atoms with Crippen LogP contribution in [0.5, 0.6) is 17.2 Å². The standard InChI is InChI=1S/C20H23NO4/c1-14(16-5-8-18-19(13-16)25-12-11-24-18)9-10-21-20(22)15-3-6-17(23-2)7-4-15/h3-8,13-14H,9-12H2,1-2H3,(H,21,22). The Morgan fingerprint density at radius 1 is 1.12 bits per heavy atom. The number of nitrogens with one attached hydrogen (secondary N) is 1. The number of hydrogen-bond donors (Lipinski definition) is 1. The van der Waals surface area contributed by atoms with Crippen molar-refractivity contribution in [3.8, 4) is 17.2 Å². The maximum absolute atomic E-state index is 12.2. The van der Waals surface area contributed by atoms with E-state index in [2.05, 4.69) is 18.3 Å². The summed E-state index contributed by atoms with van der Waals surface area (Å²) in [7, 11) is 1.61. The minimum Gasteiger partial charge on any atom is -0.497 e. The fraction of sp³-hybridized carbons (Fsp3) is 0.350. The van der Waals surface area contributed by atoms with Gasteiger partial charge in [-0.25, -0.2) is 0 Å². The second kappa shape index (κ2) is 7.92. The van der Waals surface area contributed by atoms with Crippen molar-refractivity contribution in [2.24, 2.45) is 0 Å². The molecule has 0 aromatic heterocycles. The van der Waals surface area contributed by atoms with Crippen LogP contribution in [0, 0.1) is 0 Å². The van der Waals surface area contributed by atoms with Crippen LogP contribution in [0.25, 0.3) is 0 Å². The fourth-order valence-electron chi connectivity index (χ4n) is 2.78. The Kier molecular flexibility index (Phi) is 5.43. The third-order valence-corrected chi connectivity index (χ3v) is 4.35. The van der Waals surface area contributed by atoms with Crippen LogP contribution < -0.4 is 19.5 Å². The molecule has 1 aliphatic heterocycles. The number of methoxy groups -OCH3 is 1. The van der Waals surface area contributed by atoms with Crippen LogP contribution in [0.1, 0.15) is 35.2 Å². The highest BCUT2D eigenvalue weighted by Crippen LogP contribution is 2.33. The van der Waals surface area contributed by atoms with Gasteiger partial charge in [-0.1, -0.05) is 13.0 Å². The van der Waals surface area contributed by atoms with Crippen molar-refractivity contribution in [2.75, 3.05) is 26.9 Å². The maximum atomic E-state index is 12.2. The van der Waals surface area contributed by atoms with Crippen molar-refractivity contribution in [3.63, 3.8) is 0 Å². The smallest absolute Gasteiger partial charge is 0.251 e. The van der Waals surface area contributed by atoms with Crippen LogP contribution >= 0.6 is 0 Å². The van der Waals surface area contributed by atoms with Gasteiger partial charge in [-0.15, -0.1) is 0 Å². The molecule has 1 N–H and O–H groups in total. The topological polar surface area (TPSA) is 56.8 Å². The van der Waals surface area contributed by atoms with Crippen molar-refractivity contribution in [3.05, 3.63) is 53.6 Å². The zero-order valence-corrected chi connectivity index (χ0v) is 14.6. The Labute approximate surface area is 147 Å². The highest BCUT2D eigenvalue weighted by molar-refractivity contribution is 5.94. The van der Waals surface area contributed by atoms with E-state index in [1.807, 2.05) is 12.1 Å². The first-order chi connectivity index (χ1) is 12.2. The van der Waals surface area contributed by atoms with Gasteiger partial charge >= 0.3 is 0 Å². The van der Waals surface area contributed by atoms with Crippen molar-refractivity contribution in [1.82, 2.24) is 5.32 Å². The summed E-state index contributed by atoms with van der Waals surface area (Å²) >= 11 is 0. The summed E-state index contributed by atoms with van der Waals surface area (Å²) in [6.07, 6.45) is 0.849. The number of benzene rings is 2. The number of hydrogen-bond acceptors (Lipinski definition) is 4. The average Bonchev–Trinajstić information content (AvgIpc) is 2.67. The number of carbonyl (C=O) groups excluding carboxylic acids is 1. The minimum absolute atomic E-state index is 0.0722. The van der Waals surface area contributed by atoms with Gasteiger partial charge in [0, 0.05) is 12.1 Å². The van der Waals surface area contributed by atoms with E-state index in [0.717, 1.165) is 23.7 Å². The SMILES string of the molecule is COc1ccc(C(=O)NCCC(C)c2ccc3c(c2)OCCO3)cc1. The molecule has 1 aliphatic rings. The van der Waals surface area contributed by atoms with E-state index in [-0.39, 0.29) is 5.91 Å². The van der Waals surface area contributed by atoms with E-state index in [0.29, 0.717) is 31.2 Å². The Bertz CT molecular complexity index is 727. The van der Waals surface area contributed by atoms with Gasteiger partial charge in [0.25, 0.3) is 5.91 Å². The summed E-state index contributed by atoms with van der Waals surface area (Å²) in [4.78, 5) is 12.2. The van der Waals surface area contributed by atoms with Crippen LogP contribution in [0.2, 0.25) is 0 Å². The van der Waals surface area contributed by atoms with Gasteiger partial charge in [-0.3, -0.25) is 4.79 Å². The van der Waals surface area contributed by atoms with Crippen LogP contribution in [0.3, 0.4) is 0 Å². The fourth-order valence-corrected chi connectivity index (χ4v) is 2.78. The highest BCUT2D eigenvalue weighted by atomic mass is 16.6. The summed E-state index contributed by atoms with van der Waals surface area (Å²) in [5.74, 6) is 2.58. The Morgan fingerprint density at radius 3 is 2.56 bits per heavy atom. The second-order valence-electron chi connectivity index (χ2n) is 6.08. The molecular formula is C20H23NO4. The molecular weight excluding hydrogens is 318 g/mol. The van der Waals surface area contributed by atoms with Crippen LogP contribution in [-0.2, 0) is 0 Å². The zero-order chi connectivity index (χ0) is 17.6. The molecule has 0 saturated heterocycles. The first kappa shape index (κ1) is 17.1. The van der Waals surface area contributed by atoms with Gasteiger partial charge in [0.1, 0.15) is 19.0 Å². The number of amides is 1. The molecule has 0 fully saturated rings. The number of ether oxygens (including phenoxy) is 3. The van der Waals surface area contributed by atoms with Crippen molar-refractivity contribution in [1.29, 1.82) is 0 Å². The number of rotatable bonds is 6. The number of fused-ring (bicyclic) bond motifs is 1. The monoisotopic (exact) mass is 341 g/mol. The van der Waals surface area contributed by atoms with E-state index < -0.39 is 0 Å². The molecule has 2 aromatic rings. The van der Waals surface area contributed by atoms with Crippen LogP contribution in [-0.4, -0.2) is 32.8 Å². The predicted octanol–water partition coefficient (Wildman–Crippen LogP) is 3.39. The molecule has 0 radical (unpaired) electrons. The molecule has 1 heterocycles. The molecule has 5 heteroatoms. The maximum Gasteiger partial charge on any atom is 0.251 e. The van der Waals surface area contributed by atoms with Gasteiger partial charge in [-0.05, 0) is 54.3 Å². The molecule has 1 atom stereocenters. The average molecular weight is 341 g/mol. The largest absolute Gasteiger partial charge is 0.497 e. The molecule has 0 spiro atoms. The first-order valence-electron chi connectivity index (χ1n) is 8.49. The lowest BCUT2D eigenvalue weighted by atomic mass is 9.97. The lowest BCUT2D eigenvalue weighted by molar-refractivity contribution is 0.0952. The van der Waals surface area contributed by atoms with Gasteiger partial charge in [0.2, 0.25) is 0 Å². The lowest BCUT2D eigenvalue weighted by Gasteiger charge is -2.20. The van der Waals surface area contributed by atoms with E-state index >= 15 is 0 Å².